The Hall–Kier alpha value is -0.730. The Kier molecular flexibility index (Phi) is 5.33. The maximum absolute atomic E-state index is 11.6. The summed E-state index contributed by atoms with van der Waals surface area (Å²) in [5, 5.41) is 0. The zero-order valence-electron chi connectivity index (χ0n) is 11.6. The van der Waals surface area contributed by atoms with E-state index < -0.39 is 0 Å². The minimum Gasteiger partial charge on any atom is -0.351 e. The Labute approximate surface area is 111 Å². The average molecular weight is 252 g/mol. The Morgan fingerprint density at radius 1 is 0.944 bits per heavy atom. The number of primary amides is 1. The number of amides is 2. The zero-order chi connectivity index (χ0) is 12.8. The van der Waals surface area contributed by atoms with Gasteiger partial charge in [0.15, 0.2) is 0 Å². The highest BCUT2D eigenvalue weighted by Gasteiger charge is 2.24. The summed E-state index contributed by atoms with van der Waals surface area (Å²) < 4.78 is 0. The highest BCUT2D eigenvalue weighted by molar-refractivity contribution is 5.72. The normalized spacial score (nSPS) is 22.9. The molecule has 2 fully saturated rings. The molecule has 0 heterocycles. The molecule has 2 N–H and O–H groups in total. The summed E-state index contributed by atoms with van der Waals surface area (Å²) >= 11 is 0. The molecule has 18 heavy (non-hydrogen) atoms. The van der Waals surface area contributed by atoms with Crippen LogP contribution >= 0.6 is 0 Å². The molecule has 0 unspecified atom stereocenters. The fourth-order valence-electron chi connectivity index (χ4n) is 3.66. The van der Waals surface area contributed by atoms with Gasteiger partial charge in [-0.25, -0.2) is 4.79 Å². The molecule has 0 atom stereocenters. The highest BCUT2D eigenvalue weighted by atomic mass is 16.2. The topological polar surface area (TPSA) is 46.3 Å². The molecule has 2 amide bonds. The van der Waals surface area contributed by atoms with E-state index in [1.54, 1.807) is 0 Å². The lowest BCUT2D eigenvalue weighted by Gasteiger charge is -2.34. The lowest BCUT2D eigenvalue weighted by molar-refractivity contribution is 0.154. The third-order valence-electron chi connectivity index (χ3n) is 4.80. The van der Waals surface area contributed by atoms with E-state index in [4.69, 9.17) is 5.73 Å². The van der Waals surface area contributed by atoms with Gasteiger partial charge in [-0.05, 0) is 25.2 Å². The van der Waals surface area contributed by atoms with Crippen LogP contribution in [-0.2, 0) is 0 Å². The van der Waals surface area contributed by atoms with Crippen molar-refractivity contribution in [1.29, 1.82) is 0 Å². The standard InChI is InChI=1S/C15H28N2O/c16-15(18)17(14-9-5-2-6-10-14)12-11-13-7-3-1-4-8-13/h13-14H,1-12H2,(H2,16,18). The van der Waals surface area contributed by atoms with Crippen LogP contribution in [0, 0.1) is 5.92 Å². The van der Waals surface area contributed by atoms with Crippen molar-refractivity contribution < 1.29 is 4.79 Å². The van der Waals surface area contributed by atoms with Crippen molar-refractivity contribution in [1.82, 2.24) is 4.90 Å². The average Bonchev–Trinajstić information content (AvgIpc) is 2.41. The third-order valence-corrected chi connectivity index (χ3v) is 4.80. The molecule has 3 heteroatoms. The van der Waals surface area contributed by atoms with Crippen molar-refractivity contribution >= 4 is 6.03 Å². The number of nitrogens with zero attached hydrogens (tertiary/aromatic N) is 1. The Morgan fingerprint density at radius 3 is 2.06 bits per heavy atom. The number of carbonyl (C=O) groups is 1. The van der Waals surface area contributed by atoms with E-state index in [1.165, 1.54) is 57.8 Å². The SMILES string of the molecule is NC(=O)N(CCC1CCCCC1)C1CCCCC1. The van der Waals surface area contributed by atoms with E-state index in [0.717, 1.165) is 25.3 Å². The van der Waals surface area contributed by atoms with Crippen LogP contribution in [0.1, 0.15) is 70.6 Å². The fraction of sp³-hybridized carbons (Fsp3) is 0.933. The summed E-state index contributed by atoms with van der Waals surface area (Å²) in [5.41, 5.74) is 5.57. The first-order valence-corrected chi connectivity index (χ1v) is 7.83. The van der Waals surface area contributed by atoms with Gasteiger partial charge in [0, 0.05) is 12.6 Å². The zero-order valence-corrected chi connectivity index (χ0v) is 11.6. The third kappa shape index (κ3) is 3.89. The van der Waals surface area contributed by atoms with Gasteiger partial charge in [0.1, 0.15) is 0 Å². The summed E-state index contributed by atoms with van der Waals surface area (Å²) in [4.78, 5) is 13.6. The van der Waals surface area contributed by atoms with E-state index in [-0.39, 0.29) is 6.03 Å². The molecular formula is C15H28N2O. The molecule has 0 aromatic heterocycles. The van der Waals surface area contributed by atoms with Gasteiger partial charge < -0.3 is 10.6 Å². The van der Waals surface area contributed by atoms with Crippen molar-refractivity contribution in [3.63, 3.8) is 0 Å². The maximum atomic E-state index is 11.6. The number of hydrogen-bond donors (Lipinski definition) is 1. The van der Waals surface area contributed by atoms with Crippen LogP contribution in [0.3, 0.4) is 0 Å². The van der Waals surface area contributed by atoms with Gasteiger partial charge >= 0.3 is 6.03 Å². The van der Waals surface area contributed by atoms with Crippen LogP contribution in [0.2, 0.25) is 0 Å². The predicted molar refractivity (Wildman–Crippen MR) is 74.4 cm³/mol. The molecule has 0 aromatic carbocycles. The number of urea groups is 1. The van der Waals surface area contributed by atoms with Gasteiger partial charge in [-0.15, -0.1) is 0 Å². The van der Waals surface area contributed by atoms with Crippen LogP contribution in [0.25, 0.3) is 0 Å². The summed E-state index contributed by atoms with van der Waals surface area (Å²) in [6.45, 7) is 0.894. The molecule has 2 saturated carbocycles. The number of nitrogens with two attached hydrogens (primary N) is 1. The first-order valence-electron chi connectivity index (χ1n) is 7.83. The van der Waals surface area contributed by atoms with E-state index in [0.29, 0.717) is 6.04 Å². The largest absolute Gasteiger partial charge is 0.351 e. The van der Waals surface area contributed by atoms with Gasteiger partial charge in [-0.3, -0.25) is 0 Å². The van der Waals surface area contributed by atoms with Gasteiger partial charge in [-0.2, -0.15) is 0 Å². The quantitative estimate of drug-likeness (QED) is 0.815. The van der Waals surface area contributed by atoms with Crippen molar-refractivity contribution in [3.05, 3.63) is 0 Å². The molecule has 0 aliphatic heterocycles. The molecule has 2 aliphatic carbocycles. The molecule has 0 bridgehead atoms. The lowest BCUT2D eigenvalue weighted by atomic mass is 9.86. The first-order chi connectivity index (χ1) is 8.77. The molecule has 0 saturated heterocycles. The van der Waals surface area contributed by atoms with Crippen molar-refractivity contribution in [2.75, 3.05) is 6.54 Å². The first kappa shape index (κ1) is 13.7. The van der Waals surface area contributed by atoms with Crippen molar-refractivity contribution in [3.8, 4) is 0 Å². The molecule has 2 aliphatic rings. The van der Waals surface area contributed by atoms with Crippen LogP contribution in [-0.4, -0.2) is 23.5 Å². The second kappa shape index (κ2) is 7.01. The molecule has 104 valence electrons. The summed E-state index contributed by atoms with van der Waals surface area (Å²) in [5.74, 6) is 0.837. The van der Waals surface area contributed by atoms with E-state index in [1.807, 2.05) is 4.90 Å². The van der Waals surface area contributed by atoms with Gasteiger partial charge in [0.2, 0.25) is 0 Å². The number of carbonyl (C=O) groups excluding carboxylic acids is 1. The summed E-state index contributed by atoms with van der Waals surface area (Å²) in [7, 11) is 0. The van der Waals surface area contributed by atoms with Crippen LogP contribution < -0.4 is 5.73 Å². The maximum Gasteiger partial charge on any atom is 0.315 e. The Balaban J connectivity index is 1.79. The molecule has 0 spiro atoms. The van der Waals surface area contributed by atoms with Crippen molar-refractivity contribution in [2.45, 2.75) is 76.7 Å². The van der Waals surface area contributed by atoms with Gasteiger partial charge in [0.25, 0.3) is 0 Å². The second-order valence-corrected chi connectivity index (χ2v) is 6.12. The number of rotatable bonds is 4. The van der Waals surface area contributed by atoms with Gasteiger partial charge in [-0.1, -0.05) is 51.4 Å². The predicted octanol–water partition coefficient (Wildman–Crippen LogP) is 3.67. The Morgan fingerprint density at radius 2 is 1.50 bits per heavy atom. The van der Waals surface area contributed by atoms with E-state index in [9.17, 15) is 4.79 Å². The molecule has 2 rings (SSSR count). The van der Waals surface area contributed by atoms with Crippen LogP contribution in [0.5, 0.6) is 0 Å². The monoisotopic (exact) mass is 252 g/mol. The van der Waals surface area contributed by atoms with E-state index in [2.05, 4.69) is 0 Å². The van der Waals surface area contributed by atoms with Crippen LogP contribution in [0.4, 0.5) is 4.79 Å². The second-order valence-electron chi connectivity index (χ2n) is 6.12. The molecular weight excluding hydrogens is 224 g/mol. The van der Waals surface area contributed by atoms with Crippen molar-refractivity contribution in [2.24, 2.45) is 11.7 Å². The molecule has 0 aromatic rings. The fourth-order valence-corrected chi connectivity index (χ4v) is 3.66. The molecule has 0 radical (unpaired) electrons. The van der Waals surface area contributed by atoms with E-state index >= 15 is 0 Å². The van der Waals surface area contributed by atoms with Crippen LogP contribution in [0.15, 0.2) is 0 Å². The minimum absolute atomic E-state index is 0.197. The smallest absolute Gasteiger partial charge is 0.315 e. The summed E-state index contributed by atoms with van der Waals surface area (Å²) in [6.07, 6.45) is 14.2. The molecule has 3 nitrogen and oxygen atoms in total. The Bertz CT molecular complexity index is 255. The van der Waals surface area contributed by atoms with Gasteiger partial charge in [0.05, 0.1) is 0 Å². The highest BCUT2D eigenvalue weighted by Crippen LogP contribution is 2.28. The lowest BCUT2D eigenvalue weighted by Crippen LogP contribution is -2.45. The number of hydrogen-bond acceptors (Lipinski definition) is 1. The summed E-state index contributed by atoms with van der Waals surface area (Å²) in [6, 6.07) is 0.234. The minimum atomic E-state index is -0.197.